The minimum atomic E-state index is 0.144. The second-order valence-electron chi connectivity index (χ2n) is 5.73. The van der Waals surface area contributed by atoms with E-state index in [0.29, 0.717) is 6.04 Å². The second kappa shape index (κ2) is 5.97. The van der Waals surface area contributed by atoms with Crippen molar-refractivity contribution in [2.24, 2.45) is 0 Å². The summed E-state index contributed by atoms with van der Waals surface area (Å²) in [5.41, 5.74) is 2.08. The Balaban J connectivity index is 2.52. The minimum absolute atomic E-state index is 0.144. The lowest BCUT2D eigenvalue weighted by molar-refractivity contribution is 0.245. The Morgan fingerprint density at radius 3 is 2.60 bits per heavy atom. The van der Waals surface area contributed by atoms with Crippen LogP contribution in [0.5, 0.6) is 5.75 Å². The van der Waals surface area contributed by atoms with Crippen LogP contribution < -0.4 is 4.74 Å². The van der Waals surface area contributed by atoms with Gasteiger partial charge in [-0.3, -0.25) is 0 Å². The first-order valence-corrected chi connectivity index (χ1v) is 7.35. The lowest BCUT2D eigenvalue weighted by Gasteiger charge is -2.19. The van der Waals surface area contributed by atoms with Crippen LogP contribution in [0.1, 0.15) is 26.8 Å². The van der Waals surface area contributed by atoms with Crippen LogP contribution in [0.2, 0.25) is 0 Å². The summed E-state index contributed by atoms with van der Waals surface area (Å²) in [7, 11) is 4.14. The number of hydrogen-bond donors (Lipinski definition) is 1. The molecule has 1 aromatic carbocycles. The van der Waals surface area contributed by atoms with E-state index in [4.69, 9.17) is 17.0 Å². The van der Waals surface area contributed by atoms with Gasteiger partial charge in [0.1, 0.15) is 11.3 Å². The van der Waals surface area contributed by atoms with Crippen molar-refractivity contribution in [1.29, 1.82) is 0 Å². The number of hydrogen-bond acceptors (Lipinski definition) is 3. The molecule has 0 aliphatic rings. The van der Waals surface area contributed by atoms with Gasteiger partial charge in [-0.2, -0.15) is 0 Å². The quantitative estimate of drug-likeness (QED) is 0.855. The molecule has 1 heterocycles. The Morgan fingerprint density at radius 1 is 1.30 bits per heavy atom. The zero-order chi connectivity index (χ0) is 14.9. The zero-order valence-corrected chi connectivity index (χ0v) is 13.6. The predicted octanol–water partition coefficient (Wildman–Crippen LogP) is 3.61. The number of para-hydroxylation sites is 1. The number of likely N-dealkylation sites (N-methyl/N-ethyl adjacent to an activating group) is 1. The number of H-pyrrole nitrogens is 1. The third kappa shape index (κ3) is 3.04. The molecule has 2 aromatic rings. The van der Waals surface area contributed by atoms with Crippen LogP contribution in [0.25, 0.3) is 11.0 Å². The Morgan fingerprint density at radius 2 is 2.00 bits per heavy atom. The number of rotatable bonds is 5. The lowest BCUT2D eigenvalue weighted by Crippen LogP contribution is -2.22. The first-order chi connectivity index (χ1) is 9.40. The van der Waals surface area contributed by atoms with Gasteiger partial charge in [0.15, 0.2) is 4.77 Å². The fraction of sp³-hybridized carbons (Fsp3) is 0.533. The largest absolute Gasteiger partial charge is 0.489 e. The molecule has 0 saturated carbocycles. The van der Waals surface area contributed by atoms with Crippen molar-refractivity contribution in [1.82, 2.24) is 14.5 Å². The van der Waals surface area contributed by atoms with E-state index in [1.54, 1.807) is 0 Å². The van der Waals surface area contributed by atoms with E-state index in [-0.39, 0.29) is 6.10 Å². The van der Waals surface area contributed by atoms with E-state index < -0.39 is 0 Å². The maximum atomic E-state index is 5.86. The highest BCUT2D eigenvalue weighted by Gasteiger charge is 2.14. The van der Waals surface area contributed by atoms with Gasteiger partial charge in [-0.1, -0.05) is 6.07 Å². The molecule has 0 spiro atoms. The van der Waals surface area contributed by atoms with Crippen LogP contribution in [0.3, 0.4) is 0 Å². The number of nitrogens with one attached hydrogen (secondary N) is 1. The monoisotopic (exact) mass is 293 g/mol. The molecular formula is C15H23N3OS. The number of aromatic amines is 1. The molecule has 5 heteroatoms. The second-order valence-corrected chi connectivity index (χ2v) is 6.11. The first kappa shape index (κ1) is 15.1. The summed E-state index contributed by atoms with van der Waals surface area (Å²) < 4.78 is 8.76. The topological polar surface area (TPSA) is 33.2 Å². The van der Waals surface area contributed by atoms with Crippen molar-refractivity contribution in [2.75, 3.05) is 20.6 Å². The summed E-state index contributed by atoms with van der Waals surface area (Å²) in [6, 6.07) is 6.39. The van der Waals surface area contributed by atoms with Crippen LogP contribution in [-0.4, -0.2) is 41.2 Å². The van der Waals surface area contributed by atoms with Crippen molar-refractivity contribution in [3.05, 3.63) is 23.0 Å². The van der Waals surface area contributed by atoms with Gasteiger partial charge in [0.25, 0.3) is 0 Å². The predicted molar refractivity (Wildman–Crippen MR) is 86.2 cm³/mol. The fourth-order valence-electron chi connectivity index (χ4n) is 2.52. The summed E-state index contributed by atoms with van der Waals surface area (Å²) in [6.07, 6.45) is 0.144. The summed E-state index contributed by atoms with van der Waals surface area (Å²) in [5.74, 6) is 0.861. The maximum absolute atomic E-state index is 5.86. The number of ether oxygens (including phenoxy) is 1. The Hall–Kier alpha value is -1.33. The van der Waals surface area contributed by atoms with Crippen molar-refractivity contribution in [2.45, 2.75) is 32.9 Å². The van der Waals surface area contributed by atoms with E-state index in [2.05, 4.69) is 41.5 Å². The molecule has 1 atom stereocenters. The Bertz CT molecular complexity index is 642. The van der Waals surface area contributed by atoms with Crippen LogP contribution in [-0.2, 0) is 0 Å². The third-order valence-corrected chi connectivity index (χ3v) is 3.45. The minimum Gasteiger partial charge on any atom is -0.489 e. The Kier molecular flexibility index (Phi) is 4.50. The van der Waals surface area contributed by atoms with Crippen molar-refractivity contribution in [3.8, 4) is 5.75 Å². The molecule has 0 bridgehead atoms. The summed E-state index contributed by atoms with van der Waals surface area (Å²) in [6.45, 7) is 7.17. The number of aromatic nitrogens is 2. The van der Waals surface area contributed by atoms with Crippen LogP contribution >= 0.6 is 12.2 Å². The molecule has 0 saturated heterocycles. The van der Waals surface area contributed by atoms with Crippen molar-refractivity contribution >= 4 is 23.3 Å². The van der Waals surface area contributed by atoms with E-state index in [1.165, 1.54) is 0 Å². The van der Waals surface area contributed by atoms with Crippen molar-refractivity contribution in [3.63, 3.8) is 0 Å². The molecule has 1 N–H and O–H groups in total. The molecular weight excluding hydrogens is 270 g/mol. The number of benzene rings is 1. The first-order valence-electron chi connectivity index (χ1n) is 6.94. The standard InChI is InChI=1S/C15H23N3OS/c1-10(2)19-13-8-6-7-12-14(13)16-15(20)18(12)11(3)9-17(4)5/h6-8,10-11H,9H2,1-5H3,(H,16,20). The molecule has 110 valence electrons. The normalized spacial score (nSPS) is 13.3. The summed E-state index contributed by atoms with van der Waals surface area (Å²) in [5, 5.41) is 0. The molecule has 0 radical (unpaired) electrons. The smallest absolute Gasteiger partial charge is 0.178 e. The highest BCUT2D eigenvalue weighted by Crippen LogP contribution is 2.28. The SMILES string of the molecule is CC(C)Oc1cccc2c1[nH]c(=S)n2C(C)CN(C)C. The van der Waals surface area contributed by atoms with Gasteiger partial charge in [-0.05, 0) is 59.2 Å². The van der Waals surface area contributed by atoms with Crippen LogP contribution in [0, 0.1) is 4.77 Å². The van der Waals surface area contributed by atoms with Gasteiger partial charge in [-0.25, -0.2) is 0 Å². The number of imidazole rings is 1. The van der Waals surface area contributed by atoms with Gasteiger partial charge >= 0.3 is 0 Å². The number of nitrogens with zero attached hydrogens (tertiary/aromatic N) is 2. The molecule has 4 nitrogen and oxygen atoms in total. The van der Waals surface area contributed by atoms with Gasteiger partial charge in [-0.15, -0.1) is 0 Å². The van der Waals surface area contributed by atoms with E-state index in [0.717, 1.165) is 28.1 Å². The zero-order valence-electron chi connectivity index (χ0n) is 12.8. The van der Waals surface area contributed by atoms with Gasteiger partial charge < -0.3 is 19.2 Å². The summed E-state index contributed by atoms with van der Waals surface area (Å²) >= 11 is 5.49. The highest BCUT2D eigenvalue weighted by atomic mass is 32.1. The average molecular weight is 293 g/mol. The van der Waals surface area contributed by atoms with Gasteiger partial charge in [0.05, 0.1) is 11.6 Å². The Labute approximate surface area is 125 Å². The average Bonchev–Trinajstić information content (AvgIpc) is 2.64. The molecule has 1 aromatic heterocycles. The fourth-order valence-corrected chi connectivity index (χ4v) is 2.90. The number of fused-ring (bicyclic) bond motifs is 1. The lowest BCUT2D eigenvalue weighted by atomic mass is 10.2. The highest BCUT2D eigenvalue weighted by molar-refractivity contribution is 7.71. The molecule has 20 heavy (non-hydrogen) atoms. The molecule has 0 aliphatic heterocycles. The van der Waals surface area contributed by atoms with Gasteiger partial charge in [0, 0.05) is 12.6 Å². The molecule has 0 amide bonds. The molecule has 0 aliphatic carbocycles. The van der Waals surface area contributed by atoms with E-state index in [9.17, 15) is 0 Å². The van der Waals surface area contributed by atoms with E-state index >= 15 is 0 Å². The third-order valence-electron chi connectivity index (χ3n) is 3.15. The molecule has 2 rings (SSSR count). The van der Waals surface area contributed by atoms with Crippen LogP contribution in [0.15, 0.2) is 18.2 Å². The maximum Gasteiger partial charge on any atom is 0.178 e. The summed E-state index contributed by atoms with van der Waals surface area (Å²) in [4.78, 5) is 5.46. The van der Waals surface area contributed by atoms with Crippen molar-refractivity contribution < 1.29 is 4.74 Å². The van der Waals surface area contributed by atoms with Gasteiger partial charge in [0.2, 0.25) is 0 Å². The molecule has 1 unspecified atom stereocenters. The van der Waals surface area contributed by atoms with E-state index in [1.807, 2.05) is 26.0 Å². The molecule has 0 fully saturated rings. The van der Waals surface area contributed by atoms with Crippen LogP contribution in [0.4, 0.5) is 0 Å².